The lowest BCUT2D eigenvalue weighted by Gasteiger charge is -2.20. The van der Waals surface area contributed by atoms with Crippen LogP contribution in [0.3, 0.4) is 0 Å². The highest BCUT2D eigenvalue weighted by Gasteiger charge is 2.36. The molecule has 0 spiro atoms. The molecule has 1 amide bonds. The fourth-order valence-corrected chi connectivity index (χ4v) is 4.90. The van der Waals surface area contributed by atoms with E-state index in [2.05, 4.69) is 16.2 Å². The van der Waals surface area contributed by atoms with Crippen molar-refractivity contribution in [1.29, 1.82) is 5.41 Å². The number of rotatable bonds is 9. The Bertz CT molecular complexity index is 1340. The number of thioether (sulfide) groups is 1. The molecule has 10 heteroatoms. The quantitative estimate of drug-likeness (QED) is 0.305. The second kappa shape index (κ2) is 11.4. The molecule has 4 rings (SSSR count). The predicted octanol–water partition coefficient (Wildman–Crippen LogP) is 6.09. The normalized spacial score (nSPS) is 16.2. The van der Waals surface area contributed by atoms with Crippen LogP contribution in [-0.2, 0) is 4.79 Å². The molecule has 2 aliphatic heterocycles. The maximum atomic E-state index is 12.7. The van der Waals surface area contributed by atoms with Gasteiger partial charge in [0.25, 0.3) is 5.91 Å². The first-order valence-corrected chi connectivity index (χ1v) is 13.2. The van der Waals surface area contributed by atoms with E-state index in [-0.39, 0.29) is 23.9 Å². The molecule has 1 N–H and O–H groups in total. The summed E-state index contributed by atoms with van der Waals surface area (Å²) in [4.78, 5) is 16.9. The number of amides is 1. The Balaban J connectivity index is 1.51. The predicted molar refractivity (Wildman–Crippen MR) is 149 cm³/mol. The fourth-order valence-electron chi connectivity index (χ4n) is 3.74. The van der Waals surface area contributed by atoms with Crippen molar-refractivity contribution in [3.63, 3.8) is 0 Å². The molecule has 0 radical (unpaired) electrons. The van der Waals surface area contributed by atoms with Crippen LogP contribution in [0.15, 0.2) is 46.0 Å². The average Bonchev–Trinajstić information content (AvgIpc) is 3.27. The number of nitrogens with one attached hydrogen (secondary N) is 1. The molecule has 0 bridgehead atoms. The van der Waals surface area contributed by atoms with Gasteiger partial charge in [0, 0.05) is 5.92 Å². The molecule has 2 aliphatic rings. The van der Waals surface area contributed by atoms with E-state index in [0.717, 1.165) is 16.4 Å². The largest absolute Gasteiger partial charge is 0.490 e. The molecule has 37 heavy (non-hydrogen) atoms. The van der Waals surface area contributed by atoms with Crippen LogP contribution in [0.1, 0.15) is 37.5 Å². The van der Waals surface area contributed by atoms with Crippen molar-refractivity contribution in [1.82, 2.24) is 5.01 Å². The third-order valence-electron chi connectivity index (χ3n) is 5.52. The van der Waals surface area contributed by atoms with Crippen molar-refractivity contribution < 1.29 is 19.0 Å². The van der Waals surface area contributed by atoms with E-state index in [0.29, 0.717) is 40.5 Å². The molecule has 8 nitrogen and oxygen atoms in total. The lowest BCUT2D eigenvalue weighted by atomic mass is 10.1. The highest BCUT2D eigenvalue weighted by Crippen LogP contribution is 2.38. The Morgan fingerprint density at radius 2 is 1.86 bits per heavy atom. The Labute approximate surface area is 225 Å². The van der Waals surface area contributed by atoms with Crippen LogP contribution in [0.4, 0.5) is 0 Å². The summed E-state index contributed by atoms with van der Waals surface area (Å²) in [5, 5.41) is 15.9. The minimum Gasteiger partial charge on any atom is -0.490 e. The van der Waals surface area contributed by atoms with E-state index in [1.54, 1.807) is 18.2 Å². The molecule has 2 heterocycles. The summed E-state index contributed by atoms with van der Waals surface area (Å²) < 4.78 is 17.5. The molecule has 0 unspecified atom stereocenters. The summed E-state index contributed by atoms with van der Waals surface area (Å²) in [6, 6.07) is 9.40. The summed E-state index contributed by atoms with van der Waals surface area (Å²) >= 11 is 7.88. The van der Waals surface area contributed by atoms with Crippen molar-refractivity contribution in [3.8, 4) is 17.2 Å². The van der Waals surface area contributed by atoms with Crippen LogP contribution in [0.2, 0.25) is 5.02 Å². The Morgan fingerprint density at radius 1 is 1.11 bits per heavy atom. The van der Waals surface area contributed by atoms with Crippen molar-refractivity contribution in [2.24, 2.45) is 16.0 Å². The number of carbonyl (C=O) groups is 1. The Hall–Kier alpha value is -3.30. The first-order valence-electron chi connectivity index (χ1n) is 12.0. The maximum Gasteiger partial charge on any atom is 0.283 e. The number of ether oxygens (including phenoxy) is 3. The monoisotopic (exact) mass is 540 g/mol. The fraction of sp³-hybridized carbons (Fsp3) is 0.333. The van der Waals surface area contributed by atoms with Crippen molar-refractivity contribution >= 4 is 51.4 Å². The van der Waals surface area contributed by atoms with Crippen molar-refractivity contribution in [3.05, 3.63) is 57.6 Å². The second-order valence-corrected chi connectivity index (χ2v) is 10.2. The van der Waals surface area contributed by atoms with Gasteiger partial charge in [0.05, 0.1) is 17.2 Å². The topological polar surface area (TPSA) is 96.6 Å². The van der Waals surface area contributed by atoms with E-state index < -0.39 is 5.91 Å². The van der Waals surface area contributed by atoms with Crippen LogP contribution in [0.5, 0.6) is 17.2 Å². The van der Waals surface area contributed by atoms with E-state index >= 15 is 0 Å². The summed E-state index contributed by atoms with van der Waals surface area (Å²) in [7, 11) is 0. The van der Waals surface area contributed by atoms with E-state index in [9.17, 15) is 4.79 Å². The van der Waals surface area contributed by atoms with Gasteiger partial charge in [-0.25, -0.2) is 0 Å². The van der Waals surface area contributed by atoms with Gasteiger partial charge in [0.1, 0.15) is 24.0 Å². The van der Waals surface area contributed by atoms with Gasteiger partial charge in [0.15, 0.2) is 17.3 Å². The van der Waals surface area contributed by atoms with Gasteiger partial charge in [0.2, 0.25) is 5.17 Å². The summed E-state index contributed by atoms with van der Waals surface area (Å²) in [5.74, 6) is 1.27. The highest BCUT2D eigenvalue weighted by atomic mass is 35.5. The number of aliphatic imine (C=N–C) groups is 1. The van der Waals surface area contributed by atoms with E-state index in [1.807, 2.05) is 46.8 Å². The second-order valence-electron chi connectivity index (χ2n) is 8.84. The molecular formula is C27H29ClN4O4S. The number of hydrogen-bond acceptors (Lipinski definition) is 7. The van der Waals surface area contributed by atoms with Gasteiger partial charge >= 0.3 is 0 Å². The smallest absolute Gasteiger partial charge is 0.283 e. The van der Waals surface area contributed by atoms with Crippen LogP contribution in [0.25, 0.3) is 6.08 Å². The third kappa shape index (κ3) is 5.99. The highest BCUT2D eigenvalue weighted by molar-refractivity contribution is 8.27. The molecule has 0 atom stereocenters. The number of nitrogens with zero attached hydrogens (tertiary/aromatic N) is 3. The minimum atomic E-state index is -0.498. The molecule has 0 saturated heterocycles. The Kier molecular flexibility index (Phi) is 8.24. The zero-order chi connectivity index (χ0) is 26.7. The standard InChI is InChI=1S/C27H29ClN4O4S/c1-6-34-22-14-18(12-19-24(29)32-27(30-25(19)33)37-26(31-32)15(2)3)13-20(28)23(22)36-10-9-35-21-8-7-16(4)11-17(21)5/h7-8,11-15,29H,6,9-10H2,1-5H3/b19-12+,29-24?. The van der Waals surface area contributed by atoms with E-state index in [1.165, 1.54) is 22.3 Å². The maximum absolute atomic E-state index is 12.7. The first-order chi connectivity index (χ1) is 17.7. The van der Waals surface area contributed by atoms with Crippen LogP contribution in [-0.4, -0.2) is 46.8 Å². The van der Waals surface area contributed by atoms with Crippen LogP contribution >= 0.6 is 23.4 Å². The minimum absolute atomic E-state index is 0.0314. The molecular weight excluding hydrogens is 512 g/mol. The van der Waals surface area contributed by atoms with E-state index in [4.69, 9.17) is 31.2 Å². The summed E-state index contributed by atoms with van der Waals surface area (Å²) in [5.41, 5.74) is 2.93. The van der Waals surface area contributed by atoms with Gasteiger partial charge < -0.3 is 14.2 Å². The van der Waals surface area contributed by atoms with Gasteiger partial charge in [-0.1, -0.05) is 43.1 Å². The van der Waals surface area contributed by atoms with Crippen molar-refractivity contribution in [2.75, 3.05) is 19.8 Å². The number of fused-ring (bicyclic) bond motifs is 1. The molecule has 0 aliphatic carbocycles. The molecule has 0 saturated carbocycles. The lowest BCUT2D eigenvalue weighted by molar-refractivity contribution is -0.114. The van der Waals surface area contributed by atoms with Gasteiger partial charge in [-0.05, 0) is 67.9 Å². The van der Waals surface area contributed by atoms with Crippen molar-refractivity contribution in [2.45, 2.75) is 34.6 Å². The molecule has 2 aromatic carbocycles. The third-order valence-corrected chi connectivity index (χ3v) is 7.01. The SMILES string of the molecule is CCOc1cc(/C=C2\C(=N)N3N=C(C(C)C)SC3=NC2=O)cc(Cl)c1OCCOc1ccc(C)cc1C. The molecule has 2 aromatic rings. The lowest BCUT2D eigenvalue weighted by Crippen LogP contribution is -2.35. The number of hydrazone groups is 1. The number of amidine groups is 2. The zero-order valence-electron chi connectivity index (χ0n) is 21.4. The zero-order valence-corrected chi connectivity index (χ0v) is 23.0. The first kappa shape index (κ1) is 26.8. The molecule has 0 fully saturated rings. The van der Waals surface area contributed by atoms with Gasteiger partial charge in [-0.3, -0.25) is 10.2 Å². The van der Waals surface area contributed by atoms with Crippen LogP contribution < -0.4 is 14.2 Å². The number of aryl methyl sites for hydroxylation is 2. The Morgan fingerprint density at radius 3 is 2.57 bits per heavy atom. The number of halogens is 1. The average molecular weight is 541 g/mol. The summed E-state index contributed by atoms with van der Waals surface area (Å²) in [6.45, 7) is 10.9. The molecule has 0 aromatic heterocycles. The van der Waals surface area contributed by atoms with Crippen LogP contribution in [0, 0.1) is 25.2 Å². The number of benzene rings is 2. The number of carbonyl (C=O) groups excluding carboxylic acids is 1. The van der Waals surface area contributed by atoms with Gasteiger partial charge in [-0.2, -0.15) is 15.1 Å². The van der Waals surface area contributed by atoms with Gasteiger partial charge in [-0.15, -0.1) is 0 Å². The summed E-state index contributed by atoms with van der Waals surface area (Å²) in [6.07, 6.45) is 1.57. The molecule has 194 valence electrons. The number of hydrogen-bond donors (Lipinski definition) is 1.